The van der Waals surface area contributed by atoms with Crippen LogP contribution in [0, 0.1) is 11.8 Å². The molecule has 2 N–H and O–H groups in total. The molecule has 2 fully saturated rings. The summed E-state index contributed by atoms with van der Waals surface area (Å²) in [4.78, 5) is 11.8. The van der Waals surface area contributed by atoms with Gasteiger partial charge in [-0.2, -0.15) is 0 Å². The Kier molecular flexibility index (Phi) is 4.22. The fourth-order valence-corrected chi connectivity index (χ4v) is 2.74. The zero-order valence-electron chi connectivity index (χ0n) is 10.3. The van der Waals surface area contributed by atoms with Gasteiger partial charge in [-0.3, -0.25) is 4.79 Å². The number of carbonyl (C=O) groups is 1. The van der Waals surface area contributed by atoms with Crippen LogP contribution in [0.15, 0.2) is 0 Å². The number of nitrogens with one attached hydrogen (secondary N) is 2. The second-order valence-electron chi connectivity index (χ2n) is 5.37. The van der Waals surface area contributed by atoms with E-state index in [-0.39, 0.29) is 5.91 Å². The number of amides is 1. The van der Waals surface area contributed by atoms with Crippen LogP contribution in [0.25, 0.3) is 0 Å². The van der Waals surface area contributed by atoms with Gasteiger partial charge in [0.15, 0.2) is 0 Å². The van der Waals surface area contributed by atoms with Crippen LogP contribution >= 0.6 is 0 Å². The lowest BCUT2D eigenvalue weighted by molar-refractivity contribution is -0.122. The van der Waals surface area contributed by atoms with Crippen LogP contribution in [-0.4, -0.2) is 25.0 Å². The maximum atomic E-state index is 11.8. The fraction of sp³-hybridized carbons (Fsp3) is 0.923. The Morgan fingerprint density at radius 3 is 3.06 bits per heavy atom. The molecule has 3 nitrogen and oxygen atoms in total. The second kappa shape index (κ2) is 5.67. The number of rotatable bonds is 5. The van der Waals surface area contributed by atoms with Crippen molar-refractivity contribution in [3.05, 3.63) is 0 Å². The van der Waals surface area contributed by atoms with Gasteiger partial charge in [-0.05, 0) is 50.6 Å². The highest BCUT2D eigenvalue weighted by molar-refractivity contribution is 5.76. The molecule has 1 saturated carbocycles. The molecule has 0 aromatic carbocycles. The molecule has 1 aliphatic heterocycles. The summed E-state index contributed by atoms with van der Waals surface area (Å²) in [5, 5.41) is 6.53. The van der Waals surface area contributed by atoms with Crippen LogP contribution < -0.4 is 10.6 Å². The highest BCUT2D eigenvalue weighted by Crippen LogP contribution is 2.34. The first kappa shape index (κ1) is 11.9. The molecule has 0 bridgehead atoms. The molecule has 1 saturated heterocycles. The molecular formula is C13H24N2O. The number of hydrogen-bond donors (Lipinski definition) is 2. The van der Waals surface area contributed by atoms with Crippen molar-refractivity contribution in [1.29, 1.82) is 0 Å². The Hall–Kier alpha value is -0.570. The maximum Gasteiger partial charge on any atom is 0.220 e. The molecule has 92 valence electrons. The summed E-state index contributed by atoms with van der Waals surface area (Å²) in [6, 6.07) is 0.504. The van der Waals surface area contributed by atoms with Gasteiger partial charge in [0, 0.05) is 12.5 Å². The molecule has 0 aromatic rings. The van der Waals surface area contributed by atoms with E-state index >= 15 is 0 Å². The van der Waals surface area contributed by atoms with Crippen molar-refractivity contribution < 1.29 is 4.79 Å². The van der Waals surface area contributed by atoms with Crippen molar-refractivity contribution in [3.63, 3.8) is 0 Å². The van der Waals surface area contributed by atoms with Crippen molar-refractivity contribution in [2.75, 3.05) is 13.1 Å². The molecule has 16 heavy (non-hydrogen) atoms. The summed E-state index contributed by atoms with van der Waals surface area (Å²) in [5.74, 6) is 1.62. The van der Waals surface area contributed by atoms with Crippen LogP contribution in [0.2, 0.25) is 0 Å². The molecule has 0 aromatic heterocycles. The van der Waals surface area contributed by atoms with Crippen molar-refractivity contribution in [2.45, 2.75) is 51.5 Å². The van der Waals surface area contributed by atoms with Crippen LogP contribution in [-0.2, 0) is 4.79 Å². The third kappa shape index (κ3) is 3.48. The Balaban J connectivity index is 1.61. The highest BCUT2D eigenvalue weighted by atomic mass is 16.1. The highest BCUT2D eigenvalue weighted by Gasteiger charge is 2.37. The van der Waals surface area contributed by atoms with Gasteiger partial charge in [0.1, 0.15) is 0 Å². The average molecular weight is 224 g/mol. The molecule has 2 rings (SSSR count). The molecule has 2 aliphatic rings. The van der Waals surface area contributed by atoms with Crippen molar-refractivity contribution in [2.24, 2.45) is 11.8 Å². The number of piperidine rings is 1. The lowest BCUT2D eigenvalue weighted by atomic mass is 9.96. The summed E-state index contributed by atoms with van der Waals surface area (Å²) in [7, 11) is 0. The van der Waals surface area contributed by atoms with E-state index in [2.05, 4.69) is 17.6 Å². The van der Waals surface area contributed by atoms with Crippen LogP contribution in [0.5, 0.6) is 0 Å². The summed E-state index contributed by atoms with van der Waals surface area (Å²) < 4.78 is 0. The van der Waals surface area contributed by atoms with Gasteiger partial charge in [0.25, 0.3) is 0 Å². The van der Waals surface area contributed by atoms with Gasteiger partial charge in [0.2, 0.25) is 5.91 Å². The fourth-order valence-electron chi connectivity index (χ4n) is 2.74. The quantitative estimate of drug-likeness (QED) is 0.746. The first-order chi connectivity index (χ1) is 7.79. The van der Waals surface area contributed by atoms with Gasteiger partial charge in [0.05, 0.1) is 0 Å². The lowest BCUT2D eigenvalue weighted by Gasteiger charge is -2.22. The molecule has 1 aliphatic carbocycles. The Morgan fingerprint density at radius 2 is 2.38 bits per heavy atom. The maximum absolute atomic E-state index is 11.8. The van der Waals surface area contributed by atoms with Crippen molar-refractivity contribution in [1.82, 2.24) is 10.6 Å². The van der Waals surface area contributed by atoms with Gasteiger partial charge in [-0.15, -0.1) is 0 Å². The molecule has 1 amide bonds. The Morgan fingerprint density at radius 1 is 1.50 bits per heavy atom. The third-order valence-electron chi connectivity index (χ3n) is 3.80. The van der Waals surface area contributed by atoms with Gasteiger partial charge < -0.3 is 10.6 Å². The molecular weight excluding hydrogens is 200 g/mol. The molecule has 0 radical (unpaired) electrons. The van der Waals surface area contributed by atoms with Crippen molar-refractivity contribution in [3.8, 4) is 0 Å². The van der Waals surface area contributed by atoms with E-state index in [0.717, 1.165) is 25.4 Å². The minimum Gasteiger partial charge on any atom is -0.353 e. The summed E-state index contributed by atoms with van der Waals surface area (Å²) in [5.41, 5.74) is 0. The molecule has 3 atom stereocenters. The van der Waals surface area contributed by atoms with E-state index in [1.54, 1.807) is 0 Å². The second-order valence-corrected chi connectivity index (χ2v) is 5.37. The minimum absolute atomic E-state index is 0.275. The summed E-state index contributed by atoms with van der Waals surface area (Å²) in [6.45, 7) is 4.36. The molecule has 3 unspecified atom stereocenters. The zero-order valence-corrected chi connectivity index (χ0v) is 10.3. The predicted octanol–water partition coefficient (Wildman–Crippen LogP) is 1.68. The monoisotopic (exact) mass is 224 g/mol. The van der Waals surface area contributed by atoms with Crippen LogP contribution in [0.3, 0.4) is 0 Å². The molecule has 1 heterocycles. The topological polar surface area (TPSA) is 41.1 Å². The smallest absolute Gasteiger partial charge is 0.220 e. The van der Waals surface area contributed by atoms with Crippen LogP contribution in [0.4, 0.5) is 0 Å². The number of hydrogen-bond acceptors (Lipinski definition) is 2. The van der Waals surface area contributed by atoms with E-state index in [4.69, 9.17) is 0 Å². The summed E-state index contributed by atoms with van der Waals surface area (Å²) >= 11 is 0. The first-order valence-electron chi connectivity index (χ1n) is 6.79. The standard InChI is InChI=1S/C13H24N2O/c1-2-4-11-8-12(11)15-13(16)7-10-5-3-6-14-9-10/h10-12,14H,2-9H2,1H3,(H,15,16). The Bertz CT molecular complexity index is 236. The van der Waals surface area contributed by atoms with Crippen LogP contribution in [0.1, 0.15) is 45.4 Å². The van der Waals surface area contributed by atoms with Crippen molar-refractivity contribution >= 4 is 5.91 Å². The normalized spacial score (nSPS) is 33.4. The lowest BCUT2D eigenvalue weighted by Crippen LogP contribution is -2.35. The zero-order chi connectivity index (χ0) is 11.4. The first-order valence-corrected chi connectivity index (χ1v) is 6.79. The van der Waals surface area contributed by atoms with Gasteiger partial charge in [-0.25, -0.2) is 0 Å². The van der Waals surface area contributed by atoms with Gasteiger partial charge >= 0.3 is 0 Å². The van der Waals surface area contributed by atoms with E-state index in [1.807, 2.05) is 0 Å². The van der Waals surface area contributed by atoms with E-state index in [0.29, 0.717) is 12.0 Å². The molecule has 3 heteroatoms. The van der Waals surface area contributed by atoms with E-state index < -0.39 is 0 Å². The Labute approximate surface area is 98.4 Å². The summed E-state index contributed by atoms with van der Waals surface area (Å²) in [6.07, 6.45) is 6.88. The minimum atomic E-state index is 0.275. The SMILES string of the molecule is CCCC1CC1NC(=O)CC1CCCNC1. The number of carbonyl (C=O) groups excluding carboxylic acids is 1. The molecule has 0 spiro atoms. The van der Waals surface area contributed by atoms with E-state index in [9.17, 15) is 4.79 Å². The van der Waals surface area contributed by atoms with E-state index in [1.165, 1.54) is 32.1 Å². The third-order valence-corrected chi connectivity index (χ3v) is 3.80. The predicted molar refractivity (Wildman–Crippen MR) is 65.2 cm³/mol. The largest absolute Gasteiger partial charge is 0.353 e. The van der Waals surface area contributed by atoms with Gasteiger partial charge in [-0.1, -0.05) is 13.3 Å². The average Bonchev–Trinajstić information content (AvgIpc) is 2.98.